The minimum atomic E-state index is -0.229. The zero-order valence-corrected chi connectivity index (χ0v) is 14.2. The summed E-state index contributed by atoms with van der Waals surface area (Å²) in [6.07, 6.45) is 2.75. The van der Waals surface area contributed by atoms with Crippen LogP contribution >= 0.6 is 11.6 Å². The molecule has 2 rings (SSSR count). The van der Waals surface area contributed by atoms with Crippen LogP contribution in [0, 0.1) is 5.82 Å². The zero-order chi connectivity index (χ0) is 17.2. The predicted octanol–water partition coefficient (Wildman–Crippen LogP) is 4.39. The van der Waals surface area contributed by atoms with Crippen molar-refractivity contribution in [3.8, 4) is 5.75 Å². The Morgan fingerprint density at radius 3 is 2.46 bits per heavy atom. The summed E-state index contributed by atoms with van der Waals surface area (Å²) >= 11 is 5.80. The van der Waals surface area contributed by atoms with Crippen LogP contribution in [0.4, 0.5) is 4.39 Å². The highest BCUT2D eigenvalue weighted by Gasteiger charge is 2.02. The first-order valence-electron chi connectivity index (χ1n) is 8.03. The molecular formula is C19H21ClFNO2. The standard InChI is InChI=1S/C19H21ClFNO2/c20-16-7-11-18(12-8-16)24-14-2-4-19(23)22-13-1-3-15-5-9-17(21)10-6-15/h5-12H,1-4,13-14H2,(H,22,23). The number of benzene rings is 2. The van der Waals surface area contributed by atoms with Gasteiger partial charge in [-0.25, -0.2) is 4.39 Å². The van der Waals surface area contributed by atoms with Crippen molar-refractivity contribution in [1.82, 2.24) is 5.32 Å². The van der Waals surface area contributed by atoms with Crippen LogP contribution in [-0.4, -0.2) is 19.1 Å². The Balaban J connectivity index is 1.52. The molecule has 0 bridgehead atoms. The van der Waals surface area contributed by atoms with Crippen molar-refractivity contribution in [3.05, 3.63) is 64.9 Å². The molecular weight excluding hydrogens is 329 g/mol. The molecule has 0 saturated heterocycles. The molecule has 1 amide bonds. The highest BCUT2D eigenvalue weighted by atomic mass is 35.5. The molecule has 2 aromatic carbocycles. The molecule has 0 atom stereocenters. The van der Waals surface area contributed by atoms with E-state index in [9.17, 15) is 9.18 Å². The number of aryl methyl sites for hydroxylation is 1. The number of amides is 1. The average Bonchev–Trinajstić information content (AvgIpc) is 2.59. The van der Waals surface area contributed by atoms with Crippen LogP contribution in [0.5, 0.6) is 5.75 Å². The maximum Gasteiger partial charge on any atom is 0.220 e. The Labute approximate surface area is 146 Å². The number of halogens is 2. The Morgan fingerprint density at radius 1 is 1.04 bits per heavy atom. The lowest BCUT2D eigenvalue weighted by molar-refractivity contribution is -0.121. The molecule has 0 heterocycles. The van der Waals surface area contributed by atoms with Gasteiger partial charge in [0.1, 0.15) is 11.6 Å². The molecule has 128 valence electrons. The van der Waals surface area contributed by atoms with E-state index in [1.807, 2.05) is 0 Å². The molecule has 3 nitrogen and oxygen atoms in total. The molecule has 0 aliphatic heterocycles. The van der Waals surface area contributed by atoms with Gasteiger partial charge < -0.3 is 10.1 Å². The van der Waals surface area contributed by atoms with Crippen LogP contribution in [0.15, 0.2) is 48.5 Å². The van der Waals surface area contributed by atoms with Gasteiger partial charge in [0.05, 0.1) is 6.61 Å². The molecule has 0 spiro atoms. The fourth-order valence-electron chi connectivity index (χ4n) is 2.21. The maximum absolute atomic E-state index is 12.8. The van der Waals surface area contributed by atoms with E-state index in [1.165, 1.54) is 12.1 Å². The van der Waals surface area contributed by atoms with Gasteiger partial charge in [0.15, 0.2) is 0 Å². The molecule has 0 saturated carbocycles. The minimum Gasteiger partial charge on any atom is -0.494 e. The van der Waals surface area contributed by atoms with Gasteiger partial charge in [0, 0.05) is 18.0 Å². The van der Waals surface area contributed by atoms with Gasteiger partial charge in [-0.2, -0.15) is 0 Å². The van der Waals surface area contributed by atoms with Gasteiger partial charge in [-0.3, -0.25) is 4.79 Å². The van der Waals surface area contributed by atoms with Gasteiger partial charge in [-0.1, -0.05) is 23.7 Å². The monoisotopic (exact) mass is 349 g/mol. The van der Waals surface area contributed by atoms with Crippen molar-refractivity contribution in [2.75, 3.05) is 13.2 Å². The summed E-state index contributed by atoms with van der Waals surface area (Å²) in [7, 11) is 0. The normalized spacial score (nSPS) is 10.4. The van der Waals surface area contributed by atoms with Crippen LogP contribution in [0.25, 0.3) is 0 Å². The molecule has 0 unspecified atom stereocenters. The Bertz CT molecular complexity index is 573. The predicted molar refractivity (Wildman–Crippen MR) is 93.9 cm³/mol. The summed E-state index contributed by atoms with van der Waals surface area (Å²) in [5.41, 5.74) is 1.07. The highest BCUT2D eigenvalue weighted by molar-refractivity contribution is 6.30. The molecule has 1 N–H and O–H groups in total. The zero-order valence-electron chi connectivity index (χ0n) is 13.4. The number of ether oxygens (including phenoxy) is 1. The van der Waals surface area contributed by atoms with Crippen molar-refractivity contribution >= 4 is 17.5 Å². The van der Waals surface area contributed by atoms with E-state index in [1.54, 1.807) is 36.4 Å². The van der Waals surface area contributed by atoms with E-state index in [-0.39, 0.29) is 11.7 Å². The van der Waals surface area contributed by atoms with E-state index in [0.717, 1.165) is 24.2 Å². The van der Waals surface area contributed by atoms with Crippen LogP contribution < -0.4 is 10.1 Å². The number of hydrogen-bond donors (Lipinski definition) is 1. The first-order chi connectivity index (χ1) is 11.6. The van der Waals surface area contributed by atoms with E-state index in [0.29, 0.717) is 31.0 Å². The van der Waals surface area contributed by atoms with Crippen molar-refractivity contribution in [2.24, 2.45) is 0 Å². The fourth-order valence-corrected chi connectivity index (χ4v) is 2.34. The highest BCUT2D eigenvalue weighted by Crippen LogP contribution is 2.15. The quantitative estimate of drug-likeness (QED) is 0.682. The number of rotatable bonds is 9. The largest absolute Gasteiger partial charge is 0.494 e. The van der Waals surface area contributed by atoms with Crippen molar-refractivity contribution < 1.29 is 13.9 Å². The first-order valence-corrected chi connectivity index (χ1v) is 8.41. The second-order valence-corrected chi connectivity index (χ2v) is 5.92. The van der Waals surface area contributed by atoms with Crippen molar-refractivity contribution in [1.29, 1.82) is 0 Å². The maximum atomic E-state index is 12.8. The molecule has 0 aliphatic carbocycles. The van der Waals surface area contributed by atoms with Gasteiger partial charge >= 0.3 is 0 Å². The van der Waals surface area contributed by atoms with E-state index >= 15 is 0 Å². The van der Waals surface area contributed by atoms with Crippen LogP contribution in [0.2, 0.25) is 5.02 Å². The second kappa shape index (κ2) is 9.93. The van der Waals surface area contributed by atoms with Crippen molar-refractivity contribution in [2.45, 2.75) is 25.7 Å². The van der Waals surface area contributed by atoms with E-state index in [4.69, 9.17) is 16.3 Å². The van der Waals surface area contributed by atoms with Gasteiger partial charge in [-0.05, 0) is 61.2 Å². The molecule has 0 aliphatic rings. The Morgan fingerprint density at radius 2 is 1.75 bits per heavy atom. The third-order valence-electron chi connectivity index (χ3n) is 3.51. The molecule has 5 heteroatoms. The van der Waals surface area contributed by atoms with Crippen molar-refractivity contribution in [3.63, 3.8) is 0 Å². The number of carbonyl (C=O) groups is 1. The van der Waals surface area contributed by atoms with Crippen LogP contribution in [-0.2, 0) is 11.2 Å². The summed E-state index contributed by atoms with van der Waals surface area (Å²) in [4.78, 5) is 11.7. The molecule has 24 heavy (non-hydrogen) atoms. The van der Waals surface area contributed by atoms with E-state index in [2.05, 4.69) is 5.32 Å². The van der Waals surface area contributed by atoms with Crippen LogP contribution in [0.3, 0.4) is 0 Å². The third-order valence-corrected chi connectivity index (χ3v) is 3.76. The van der Waals surface area contributed by atoms with E-state index < -0.39 is 0 Å². The van der Waals surface area contributed by atoms with Gasteiger partial charge in [-0.15, -0.1) is 0 Å². The minimum absolute atomic E-state index is 0.0220. The molecule has 0 fully saturated rings. The summed E-state index contributed by atoms with van der Waals surface area (Å²) in [5.74, 6) is 0.542. The Hall–Kier alpha value is -2.07. The number of nitrogens with one attached hydrogen (secondary N) is 1. The summed E-state index contributed by atoms with van der Waals surface area (Å²) in [6.45, 7) is 1.11. The lowest BCUT2D eigenvalue weighted by Crippen LogP contribution is -2.24. The third kappa shape index (κ3) is 7.01. The Kier molecular flexibility index (Phi) is 7.56. The average molecular weight is 350 g/mol. The molecule has 0 radical (unpaired) electrons. The summed E-state index contributed by atoms with van der Waals surface area (Å²) in [6, 6.07) is 13.6. The van der Waals surface area contributed by atoms with Crippen LogP contribution in [0.1, 0.15) is 24.8 Å². The molecule has 0 aromatic heterocycles. The topological polar surface area (TPSA) is 38.3 Å². The lowest BCUT2D eigenvalue weighted by Gasteiger charge is -2.07. The lowest BCUT2D eigenvalue weighted by atomic mass is 10.1. The first kappa shape index (κ1) is 18.3. The van der Waals surface area contributed by atoms with Gasteiger partial charge in [0.25, 0.3) is 0 Å². The van der Waals surface area contributed by atoms with Gasteiger partial charge in [0.2, 0.25) is 5.91 Å². The molecule has 2 aromatic rings. The smallest absolute Gasteiger partial charge is 0.220 e. The number of hydrogen-bond acceptors (Lipinski definition) is 2. The SMILES string of the molecule is O=C(CCCOc1ccc(Cl)cc1)NCCCc1ccc(F)cc1. The fraction of sp³-hybridized carbons (Fsp3) is 0.316. The number of carbonyl (C=O) groups excluding carboxylic acids is 1. The summed E-state index contributed by atoms with van der Waals surface area (Å²) in [5, 5.41) is 3.55. The second-order valence-electron chi connectivity index (χ2n) is 5.49. The summed E-state index contributed by atoms with van der Waals surface area (Å²) < 4.78 is 18.3.